The van der Waals surface area contributed by atoms with E-state index in [0.717, 1.165) is 22.0 Å². The Bertz CT molecular complexity index is 1660. The minimum atomic E-state index is -0.300. The number of rotatable bonds is 7. The summed E-state index contributed by atoms with van der Waals surface area (Å²) < 4.78 is 13.8. The molecule has 5 rings (SSSR count). The van der Waals surface area contributed by atoms with E-state index in [1.54, 1.807) is 17.7 Å². The number of ether oxygens (including phenoxy) is 1. The number of nitrogens with one attached hydrogen (secondary N) is 1. The second-order valence-electron chi connectivity index (χ2n) is 8.69. The lowest BCUT2D eigenvalue weighted by Gasteiger charge is -2.12. The summed E-state index contributed by atoms with van der Waals surface area (Å²) in [5.74, 6) is 1.15. The average molecular weight is 487 g/mol. The second-order valence-corrected chi connectivity index (χ2v) is 8.69. The zero-order valence-corrected chi connectivity index (χ0v) is 20.5. The van der Waals surface area contributed by atoms with Crippen molar-refractivity contribution in [2.75, 3.05) is 12.4 Å². The van der Waals surface area contributed by atoms with Crippen molar-refractivity contribution < 1.29 is 14.1 Å². The first kappa shape index (κ1) is 23.3. The van der Waals surface area contributed by atoms with Gasteiger partial charge in [0.2, 0.25) is 11.8 Å². The summed E-state index contributed by atoms with van der Waals surface area (Å²) in [7, 11) is 1.55. The lowest BCUT2D eigenvalue weighted by atomic mass is 10.1. The van der Waals surface area contributed by atoms with Gasteiger partial charge >= 0.3 is 0 Å². The van der Waals surface area contributed by atoms with Gasteiger partial charge in [0.15, 0.2) is 5.82 Å². The van der Waals surface area contributed by atoms with Crippen LogP contribution in [0.25, 0.3) is 21.9 Å². The number of hydrogen-bond donors (Lipinski definition) is 1. The van der Waals surface area contributed by atoms with Crippen LogP contribution in [0.2, 0.25) is 0 Å². The highest BCUT2D eigenvalue weighted by Gasteiger charge is 2.20. The van der Waals surface area contributed by atoms with Crippen molar-refractivity contribution in [2.45, 2.75) is 40.3 Å². The third-order valence-electron chi connectivity index (χ3n) is 6.04. The van der Waals surface area contributed by atoms with Gasteiger partial charge in [-0.15, -0.1) is 0 Å². The number of methoxy groups -OCH3 is 1. The number of amides is 1. The van der Waals surface area contributed by atoms with E-state index >= 15 is 0 Å². The molecular formula is C26H26N6O4. The number of aromatic nitrogens is 5. The van der Waals surface area contributed by atoms with Gasteiger partial charge in [0, 0.05) is 11.8 Å². The molecule has 0 atom stereocenters. The molecule has 1 amide bonds. The van der Waals surface area contributed by atoms with E-state index in [4.69, 9.17) is 9.26 Å². The van der Waals surface area contributed by atoms with Crippen LogP contribution in [0, 0.1) is 13.8 Å². The standard InChI is InChI=1S/C26H26N6O4/c1-5-21-29-23(36-30-21)13-31-14-27-24-17-10-15(2)6-8-19(17)32(25(24)26(31)34)12-22(33)28-18-11-16(3)7-9-20(18)35-4/h6-11,14H,5,12-13H2,1-4H3,(H,28,33). The van der Waals surface area contributed by atoms with E-state index in [-0.39, 0.29) is 24.6 Å². The number of aryl methyl sites for hydroxylation is 3. The fourth-order valence-electron chi connectivity index (χ4n) is 4.29. The molecule has 0 aliphatic carbocycles. The number of nitrogens with zero attached hydrogens (tertiary/aromatic N) is 5. The average Bonchev–Trinajstić information content (AvgIpc) is 3.43. The van der Waals surface area contributed by atoms with E-state index < -0.39 is 0 Å². The smallest absolute Gasteiger partial charge is 0.278 e. The molecule has 0 aliphatic rings. The molecule has 3 heterocycles. The summed E-state index contributed by atoms with van der Waals surface area (Å²) in [4.78, 5) is 35.7. The van der Waals surface area contributed by atoms with E-state index in [2.05, 4.69) is 20.4 Å². The number of carbonyl (C=O) groups is 1. The molecule has 0 spiro atoms. The van der Waals surface area contributed by atoms with Gasteiger partial charge in [0.1, 0.15) is 29.9 Å². The van der Waals surface area contributed by atoms with Crippen LogP contribution in [0.15, 0.2) is 52.0 Å². The van der Waals surface area contributed by atoms with Crippen LogP contribution in [-0.4, -0.2) is 37.3 Å². The Balaban J connectivity index is 1.58. The van der Waals surface area contributed by atoms with Crippen molar-refractivity contribution in [1.82, 2.24) is 24.3 Å². The molecule has 0 unspecified atom stereocenters. The SMILES string of the molecule is CCc1noc(Cn2cnc3c4cc(C)ccc4n(CC(=O)Nc4cc(C)ccc4OC)c3c2=O)n1. The van der Waals surface area contributed by atoms with Crippen molar-refractivity contribution >= 4 is 33.5 Å². The predicted octanol–water partition coefficient (Wildman–Crippen LogP) is 3.61. The Morgan fingerprint density at radius 1 is 1.14 bits per heavy atom. The van der Waals surface area contributed by atoms with Gasteiger partial charge in [-0.2, -0.15) is 4.98 Å². The Labute approximate surface area is 206 Å². The molecule has 3 aromatic heterocycles. The van der Waals surface area contributed by atoms with Crippen LogP contribution in [0.4, 0.5) is 5.69 Å². The van der Waals surface area contributed by atoms with Crippen LogP contribution in [0.3, 0.4) is 0 Å². The summed E-state index contributed by atoms with van der Waals surface area (Å²) in [6, 6.07) is 11.4. The highest BCUT2D eigenvalue weighted by molar-refractivity contribution is 6.07. The van der Waals surface area contributed by atoms with Crippen molar-refractivity contribution in [3.63, 3.8) is 0 Å². The van der Waals surface area contributed by atoms with Gasteiger partial charge in [0.05, 0.1) is 24.6 Å². The van der Waals surface area contributed by atoms with Crippen molar-refractivity contribution in [3.8, 4) is 5.75 Å². The first-order chi connectivity index (χ1) is 17.4. The highest BCUT2D eigenvalue weighted by Crippen LogP contribution is 2.28. The Morgan fingerprint density at radius 3 is 2.67 bits per heavy atom. The summed E-state index contributed by atoms with van der Waals surface area (Å²) in [5, 5.41) is 7.62. The van der Waals surface area contributed by atoms with E-state index in [1.165, 1.54) is 10.9 Å². The zero-order chi connectivity index (χ0) is 25.4. The van der Waals surface area contributed by atoms with Crippen molar-refractivity contribution in [3.05, 3.63) is 75.9 Å². The first-order valence-corrected chi connectivity index (χ1v) is 11.6. The Kier molecular flexibility index (Phi) is 6.01. The maximum atomic E-state index is 13.6. The normalized spacial score (nSPS) is 11.3. The monoisotopic (exact) mass is 486 g/mol. The summed E-state index contributed by atoms with van der Waals surface area (Å²) in [6.45, 7) is 5.84. The highest BCUT2D eigenvalue weighted by atomic mass is 16.5. The minimum Gasteiger partial charge on any atom is -0.495 e. The number of carbonyl (C=O) groups excluding carboxylic acids is 1. The van der Waals surface area contributed by atoms with E-state index in [1.807, 2.05) is 51.1 Å². The molecule has 1 N–H and O–H groups in total. The van der Waals surface area contributed by atoms with E-state index in [0.29, 0.717) is 40.6 Å². The lowest BCUT2D eigenvalue weighted by molar-refractivity contribution is -0.116. The molecular weight excluding hydrogens is 460 g/mol. The number of hydrogen-bond acceptors (Lipinski definition) is 7. The fraction of sp³-hybridized carbons (Fsp3) is 0.269. The molecule has 184 valence electrons. The van der Waals surface area contributed by atoms with Gasteiger partial charge in [0.25, 0.3) is 5.56 Å². The van der Waals surface area contributed by atoms with Crippen molar-refractivity contribution in [1.29, 1.82) is 0 Å². The van der Waals surface area contributed by atoms with Gasteiger partial charge in [-0.1, -0.05) is 29.8 Å². The van der Waals surface area contributed by atoms with Crippen LogP contribution in [0.1, 0.15) is 29.8 Å². The molecule has 0 saturated carbocycles. The maximum Gasteiger partial charge on any atom is 0.278 e. The van der Waals surface area contributed by atoms with Crippen LogP contribution >= 0.6 is 0 Å². The number of fused-ring (bicyclic) bond motifs is 3. The first-order valence-electron chi connectivity index (χ1n) is 11.6. The lowest BCUT2D eigenvalue weighted by Crippen LogP contribution is -2.25. The molecule has 0 fully saturated rings. The van der Waals surface area contributed by atoms with Gasteiger partial charge in [-0.3, -0.25) is 14.2 Å². The predicted molar refractivity (Wildman–Crippen MR) is 135 cm³/mol. The topological polar surface area (TPSA) is 117 Å². The largest absolute Gasteiger partial charge is 0.495 e. The molecule has 10 nitrogen and oxygen atoms in total. The van der Waals surface area contributed by atoms with Crippen LogP contribution < -0.4 is 15.6 Å². The third-order valence-corrected chi connectivity index (χ3v) is 6.04. The minimum absolute atomic E-state index is 0.0817. The summed E-state index contributed by atoms with van der Waals surface area (Å²) >= 11 is 0. The summed E-state index contributed by atoms with van der Waals surface area (Å²) in [5.41, 5.74) is 3.90. The molecule has 2 aromatic carbocycles. The molecule has 0 saturated heterocycles. The molecule has 0 radical (unpaired) electrons. The van der Waals surface area contributed by atoms with Crippen LogP contribution in [-0.2, 0) is 24.3 Å². The van der Waals surface area contributed by atoms with Gasteiger partial charge in [-0.25, -0.2) is 4.98 Å². The second kappa shape index (κ2) is 9.29. The zero-order valence-electron chi connectivity index (χ0n) is 20.5. The van der Waals surface area contributed by atoms with Gasteiger partial charge in [-0.05, 0) is 43.7 Å². The molecule has 0 bridgehead atoms. The van der Waals surface area contributed by atoms with E-state index in [9.17, 15) is 9.59 Å². The number of benzene rings is 2. The molecule has 5 aromatic rings. The maximum absolute atomic E-state index is 13.6. The Hall–Kier alpha value is -4.47. The summed E-state index contributed by atoms with van der Waals surface area (Å²) in [6.07, 6.45) is 2.11. The fourth-order valence-corrected chi connectivity index (χ4v) is 4.29. The molecule has 0 aliphatic heterocycles. The molecule has 10 heteroatoms. The molecule has 36 heavy (non-hydrogen) atoms. The Morgan fingerprint density at radius 2 is 1.92 bits per heavy atom. The third kappa shape index (κ3) is 4.21. The quantitative estimate of drug-likeness (QED) is 0.373. The van der Waals surface area contributed by atoms with Gasteiger partial charge < -0.3 is 19.1 Å². The van der Waals surface area contributed by atoms with Crippen molar-refractivity contribution in [2.24, 2.45) is 0 Å². The number of anilines is 1. The van der Waals surface area contributed by atoms with Crippen LogP contribution in [0.5, 0.6) is 5.75 Å².